The van der Waals surface area contributed by atoms with Crippen LogP contribution in [0.3, 0.4) is 0 Å². The van der Waals surface area contributed by atoms with Crippen LogP contribution in [0, 0.1) is 10.1 Å². The number of nitrogens with one attached hydrogen (secondary N) is 1. The summed E-state index contributed by atoms with van der Waals surface area (Å²) in [6.45, 7) is 1.06. The van der Waals surface area contributed by atoms with Crippen molar-refractivity contribution in [2.24, 2.45) is 0 Å². The molecule has 1 aromatic carbocycles. The van der Waals surface area contributed by atoms with Gasteiger partial charge in [0.25, 0.3) is 11.6 Å². The molecule has 0 aliphatic carbocycles. The Balaban J connectivity index is 1.88. The molecule has 2 N–H and O–H groups in total. The summed E-state index contributed by atoms with van der Waals surface area (Å²) in [6, 6.07) is 5.84. The van der Waals surface area contributed by atoms with Gasteiger partial charge in [-0.15, -0.1) is 0 Å². The minimum absolute atomic E-state index is 0.00362. The molecule has 1 aliphatic heterocycles. The molecular formula is C12H12N4O4. The largest absolute Gasteiger partial charge is 0.379 e. The van der Waals surface area contributed by atoms with E-state index in [4.69, 9.17) is 4.52 Å². The van der Waals surface area contributed by atoms with Crippen molar-refractivity contribution in [1.82, 2.24) is 15.5 Å². The van der Waals surface area contributed by atoms with E-state index in [9.17, 15) is 15.2 Å². The molecule has 0 radical (unpaired) electrons. The lowest BCUT2D eigenvalue weighted by atomic mass is 10.0. The van der Waals surface area contributed by atoms with Crippen LogP contribution < -0.4 is 5.32 Å². The van der Waals surface area contributed by atoms with Crippen molar-refractivity contribution in [3.63, 3.8) is 0 Å². The zero-order valence-electron chi connectivity index (χ0n) is 10.4. The lowest BCUT2D eigenvalue weighted by Gasteiger charge is -2.14. The third-order valence-corrected chi connectivity index (χ3v) is 3.29. The fourth-order valence-electron chi connectivity index (χ4n) is 2.12. The van der Waals surface area contributed by atoms with E-state index in [-0.39, 0.29) is 11.6 Å². The molecule has 8 nitrogen and oxygen atoms in total. The third kappa shape index (κ3) is 2.15. The number of rotatable bonds is 3. The molecule has 1 aliphatic rings. The maximum Gasteiger partial charge on any atom is 0.269 e. The van der Waals surface area contributed by atoms with Gasteiger partial charge in [0, 0.05) is 24.2 Å². The highest BCUT2D eigenvalue weighted by atomic mass is 16.6. The maximum atomic E-state index is 10.6. The average molecular weight is 276 g/mol. The number of non-ortho nitro benzene ring substituents is 1. The number of hydrogen-bond donors (Lipinski definition) is 2. The first-order valence-corrected chi connectivity index (χ1v) is 6.11. The Kier molecular flexibility index (Phi) is 2.96. The van der Waals surface area contributed by atoms with Crippen LogP contribution in [0.2, 0.25) is 0 Å². The monoisotopic (exact) mass is 276 g/mol. The van der Waals surface area contributed by atoms with E-state index in [2.05, 4.69) is 15.5 Å². The summed E-state index contributed by atoms with van der Waals surface area (Å²) >= 11 is 0. The van der Waals surface area contributed by atoms with E-state index in [1.54, 1.807) is 12.1 Å². The molecule has 104 valence electrons. The molecule has 20 heavy (non-hydrogen) atoms. The number of β-amino-alcohol motifs (C(OH)–C–C–N with tert-alkyl or cyclic N) is 1. The number of nitro groups is 1. The van der Waals surface area contributed by atoms with E-state index >= 15 is 0 Å². The Bertz CT molecular complexity index is 631. The Morgan fingerprint density at radius 1 is 1.40 bits per heavy atom. The molecule has 0 saturated carbocycles. The minimum Gasteiger partial charge on any atom is -0.379 e. The number of aliphatic hydroxyl groups is 1. The fraction of sp³-hybridized carbons (Fsp3) is 0.333. The second-order valence-corrected chi connectivity index (χ2v) is 4.69. The van der Waals surface area contributed by atoms with Crippen molar-refractivity contribution in [3.05, 3.63) is 40.3 Å². The van der Waals surface area contributed by atoms with Gasteiger partial charge in [-0.05, 0) is 25.1 Å². The van der Waals surface area contributed by atoms with Crippen LogP contribution in [0.5, 0.6) is 0 Å². The molecule has 0 bridgehead atoms. The highest BCUT2D eigenvalue weighted by molar-refractivity contribution is 5.56. The first-order valence-electron chi connectivity index (χ1n) is 6.11. The number of nitrogens with zero attached hydrogens (tertiary/aromatic N) is 3. The molecule has 3 rings (SSSR count). The highest BCUT2D eigenvalue weighted by Gasteiger charge is 2.38. The number of aromatic nitrogens is 2. The van der Waals surface area contributed by atoms with Gasteiger partial charge in [0.15, 0.2) is 5.60 Å². The van der Waals surface area contributed by atoms with Gasteiger partial charge in [0.2, 0.25) is 5.82 Å². The standard InChI is InChI=1S/C12H12N4O4/c17-12(5-6-13-7-12)11-14-10(15-20-11)8-1-3-9(4-2-8)16(18)19/h1-4,13,17H,5-7H2. The number of hydrogen-bond acceptors (Lipinski definition) is 7. The molecule has 1 saturated heterocycles. The fourth-order valence-corrected chi connectivity index (χ4v) is 2.12. The summed E-state index contributed by atoms with van der Waals surface area (Å²) in [5.74, 6) is 0.464. The average Bonchev–Trinajstić information content (AvgIpc) is 3.08. The Morgan fingerprint density at radius 2 is 2.15 bits per heavy atom. The van der Waals surface area contributed by atoms with Gasteiger partial charge in [-0.3, -0.25) is 10.1 Å². The van der Waals surface area contributed by atoms with Crippen molar-refractivity contribution >= 4 is 5.69 Å². The van der Waals surface area contributed by atoms with Gasteiger partial charge in [0.1, 0.15) is 0 Å². The van der Waals surface area contributed by atoms with Crippen molar-refractivity contribution in [1.29, 1.82) is 0 Å². The molecule has 1 fully saturated rings. The molecule has 2 aromatic rings. The van der Waals surface area contributed by atoms with E-state index in [1.165, 1.54) is 12.1 Å². The lowest BCUT2D eigenvalue weighted by molar-refractivity contribution is -0.384. The van der Waals surface area contributed by atoms with Crippen molar-refractivity contribution in [3.8, 4) is 11.4 Å². The second-order valence-electron chi connectivity index (χ2n) is 4.69. The molecule has 1 aromatic heterocycles. The third-order valence-electron chi connectivity index (χ3n) is 3.29. The Hall–Kier alpha value is -2.32. The van der Waals surface area contributed by atoms with Crippen LogP contribution in [0.4, 0.5) is 5.69 Å². The Labute approximate surface area is 113 Å². The van der Waals surface area contributed by atoms with Crippen LogP contribution in [-0.4, -0.2) is 33.3 Å². The van der Waals surface area contributed by atoms with Crippen LogP contribution >= 0.6 is 0 Å². The van der Waals surface area contributed by atoms with E-state index in [0.29, 0.717) is 30.9 Å². The molecule has 2 heterocycles. The van der Waals surface area contributed by atoms with Gasteiger partial charge in [-0.1, -0.05) is 5.16 Å². The van der Waals surface area contributed by atoms with Gasteiger partial charge < -0.3 is 14.9 Å². The highest BCUT2D eigenvalue weighted by Crippen LogP contribution is 2.28. The van der Waals surface area contributed by atoms with Gasteiger partial charge in [-0.2, -0.15) is 4.98 Å². The summed E-state index contributed by atoms with van der Waals surface area (Å²) in [5.41, 5.74) is -0.539. The lowest BCUT2D eigenvalue weighted by Crippen LogP contribution is -2.28. The predicted molar refractivity (Wildman–Crippen MR) is 67.8 cm³/mol. The van der Waals surface area contributed by atoms with Gasteiger partial charge in [0.05, 0.1) is 4.92 Å². The first-order chi connectivity index (χ1) is 9.58. The summed E-state index contributed by atoms with van der Waals surface area (Å²) in [4.78, 5) is 14.3. The van der Waals surface area contributed by atoms with Gasteiger partial charge >= 0.3 is 0 Å². The smallest absolute Gasteiger partial charge is 0.269 e. The van der Waals surface area contributed by atoms with Crippen LogP contribution in [0.15, 0.2) is 28.8 Å². The van der Waals surface area contributed by atoms with Crippen LogP contribution in [0.1, 0.15) is 12.3 Å². The number of nitro benzene ring substituents is 1. The normalized spacial score (nSPS) is 22.1. The molecule has 0 amide bonds. The van der Waals surface area contributed by atoms with E-state index in [0.717, 1.165) is 0 Å². The zero-order valence-corrected chi connectivity index (χ0v) is 10.4. The second kappa shape index (κ2) is 4.66. The Morgan fingerprint density at radius 3 is 2.75 bits per heavy atom. The number of benzene rings is 1. The molecular weight excluding hydrogens is 264 g/mol. The summed E-state index contributed by atoms with van der Waals surface area (Å²) in [6.07, 6.45) is 0.509. The summed E-state index contributed by atoms with van der Waals surface area (Å²) in [7, 11) is 0. The van der Waals surface area contributed by atoms with Crippen molar-refractivity contribution in [2.45, 2.75) is 12.0 Å². The molecule has 8 heteroatoms. The van der Waals surface area contributed by atoms with Crippen molar-refractivity contribution in [2.75, 3.05) is 13.1 Å². The topological polar surface area (TPSA) is 114 Å². The van der Waals surface area contributed by atoms with Crippen molar-refractivity contribution < 1.29 is 14.6 Å². The SMILES string of the molecule is O=[N+]([O-])c1ccc(-c2noc(C3(O)CCNC3)n2)cc1. The van der Waals surface area contributed by atoms with E-state index in [1.807, 2.05) is 0 Å². The molecule has 1 unspecified atom stereocenters. The van der Waals surface area contributed by atoms with Crippen LogP contribution in [0.25, 0.3) is 11.4 Å². The summed E-state index contributed by atoms with van der Waals surface area (Å²) in [5, 5.41) is 27.7. The van der Waals surface area contributed by atoms with Crippen LogP contribution in [-0.2, 0) is 5.60 Å². The quantitative estimate of drug-likeness (QED) is 0.630. The van der Waals surface area contributed by atoms with Gasteiger partial charge in [-0.25, -0.2) is 0 Å². The first kappa shape index (κ1) is 12.7. The molecule has 0 spiro atoms. The van der Waals surface area contributed by atoms with E-state index < -0.39 is 10.5 Å². The maximum absolute atomic E-state index is 10.6. The summed E-state index contributed by atoms with van der Waals surface area (Å²) < 4.78 is 5.10. The molecule has 1 atom stereocenters. The predicted octanol–water partition coefficient (Wildman–Crippen LogP) is 0.826. The minimum atomic E-state index is -1.13. The zero-order chi connectivity index (χ0) is 14.2.